The van der Waals surface area contributed by atoms with E-state index in [2.05, 4.69) is 57.9 Å². The molecule has 6 nitrogen and oxygen atoms in total. The third kappa shape index (κ3) is 5.99. The number of halogens is 5. The van der Waals surface area contributed by atoms with Gasteiger partial charge >= 0.3 is 6.01 Å². The molecule has 306 valence electrons. The van der Waals surface area contributed by atoms with Gasteiger partial charge in [-0.2, -0.15) is 18.7 Å². The first-order valence-corrected chi connectivity index (χ1v) is 23.4. The lowest BCUT2D eigenvalue weighted by atomic mass is 9.80. The van der Waals surface area contributed by atoms with E-state index in [0.29, 0.717) is 57.3 Å². The number of alkyl halides is 1. The molecule has 5 aliphatic rings. The van der Waals surface area contributed by atoms with Crippen molar-refractivity contribution in [1.29, 1.82) is 0 Å². The minimum Gasteiger partial charge on any atom is -0.461 e. The monoisotopic (exact) mass is 813 g/mol. The Balaban J connectivity index is 1.19. The molecule has 0 radical (unpaired) electrons. The van der Waals surface area contributed by atoms with E-state index in [1.54, 1.807) is 18.2 Å². The molecule has 2 aliphatic carbocycles. The van der Waals surface area contributed by atoms with Crippen LogP contribution >= 0.6 is 0 Å². The number of rotatable bonds is 8. The number of hydrogen-bond acceptors (Lipinski definition) is 6. The van der Waals surface area contributed by atoms with E-state index >= 15 is 13.2 Å². The molecule has 3 aliphatic heterocycles. The lowest BCUT2D eigenvalue weighted by Gasteiger charge is -2.38. The predicted octanol–water partition coefficient (Wildman–Crippen LogP) is 11.2. The first kappa shape index (κ1) is 39.4. The molecule has 3 saturated heterocycles. The summed E-state index contributed by atoms with van der Waals surface area (Å²) in [6, 6.07) is 8.00. The summed E-state index contributed by atoms with van der Waals surface area (Å²) in [6.45, 7) is 14.7. The molecule has 2 saturated carbocycles. The van der Waals surface area contributed by atoms with Crippen molar-refractivity contribution in [2.24, 2.45) is 11.3 Å². The Labute approximate surface area is 338 Å². The molecule has 4 aromatic rings. The third-order valence-corrected chi connectivity index (χ3v) is 21.2. The zero-order valence-electron chi connectivity index (χ0n) is 34.2. The molecule has 58 heavy (non-hydrogen) atoms. The normalized spacial score (nSPS) is 25.1. The van der Waals surface area contributed by atoms with Gasteiger partial charge in [0.25, 0.3) is 6.08 Å². The van der Waals surface area contributed by atoms with Crippen molar-refractivity contribution in [3.63, 3.8) is 0 Å². The summed E-state index contributed by atoms with van der Waals surface area (Å²) in [5.74, 6) is 2.31. The fraction of sp³-hybridized carbons (Fsp3) is 0.543. The number of nitrogens with zero attached hydrogens (tertiary/aromatic N) is 5. The standard InChI is InChI=1S/C46H52F5N5OSi/c1-26(2)58(27(3)4,28(5)6)21-15-31-35(47)14-13-29-10-9-12-32(36(29)31)39-38(49)40-34(23-52-39)43(56-19-8-7-11-33-37(48)41(33)56)54-44(53-40)57-25-46-22-30(42(50)51)24-55(46)20-18-45(46)16-17-45/h9-10,12-14,23,26-28,33,37,41H,7-8,11,16-20,22,24-25H2,1-6H3/t33-,37-,41-,46-/m0/s1. The van der Waals surface area contributed by atoms with Crippen molar-refractivity contribution in [3.8, 4) is 28.7 Å². The third-order valence-electron chi connectivity index (χ3n) is 14.9. The van der Waals surface area contributed by atoms with Crippen LogP contribution in [0.1, 0.15) is 92.1 Å². The van der Waals surface area contributed by atoms with E-state index in [0.717, 1.165) is 38.5 Å². The summed E-state index contributed by atoms with van der Waals surface area (Å²) in [6.07, 6.45) is 4.32. The van der Waals surface area contributed by atoms with Crippen LogP contribution < -0.4 is 9.64 Å². The maximum absolute atomic E-state index is 17.5. The van der Waals surface area contributed by atoms with Crippen LogP contribution in [-0.2, 0) is 0 Å². The Morgan fingerprint density at radius 3 is 2.43 bits per heavy atom. The summed E-state index contributed by atoms with van der Waals surface area (Å²) in [5, 5.41) is 1.50. The van der Waals surface area contributed by atoms with Gasteiger partial charge < -0.3 is 9.64 Å². The highest BCUT2D eigenvalue weighted by Crippen LogP contribution is 2.66. The molecule has 9 rings (SSSR count). The molecular weight excluding hydrogens is 762 g/mol. The summed E-state index contributed by atoms with van der Waals surface area (Å²) in [5.41, 5.74) is 4.55. The predicted molar refractivity (Wildman–Crippen MR) is 221 cm³/mol. The van der Waals surface area contributed by atoms with Crippen LogP contribution in [0.5, 0.6) is 6.01 Å². The molecule has 5 fully saturated rings. The van der Waals surface area contributed by atoms with E-state index in [1.165, 1.54) is 12.3 Å². The fourth-order valence-electron chi connectivity index (χ4n) is 11.6. The zero-order valence-corrected chi connectivity index (χ0v) is 35.2. The van der Waals surface area contributed by atoms with Crippen LogP contribution in [0, 0.1) is 34.4 Å². The second-order valence-corrected chi connectivity index (χ2v) is 24.2. The molecule has 0 N–H and O–H groups in total. The number of ether oxygens (including phenoxy) is 1. The SMILES string of the molecule is CC(C)[Si](C#Cc1c(F)ccc2cccc(-c3ncc4c(N5CCCC[C@H]6[C@H](F)[C@H]65)nc(OC[C@]56CC(=C(F)F)CN5CCC65CC5)nc4c3F)c12)(C(C)C)C(C)C. The second kappa shape index (κ2) is 14.3. The van der Waals surface area contributed by atoms with Crippen LogP contribution in [0.15, 0.2) is 48.2 Å². The lowest BCUT2D eigenvalue weighted by molar-refractivity contribution is 0.0648. The van der Waals surface area contributed by atoms with E-state index in [4.69, 9.17) is 19.7 Å². The summed E-state index contributed by atoms with van der Waals surface area (Å²) in [7, 11) is -2.27. The lowest BCUT2D eigenvalue weighted by Crippen LogP contribution is -2.49. The number of anilines is 1. The average Bonchev–Trinajstić information content (AvgIpc) is 4.06. The van der Waals surface area contributed by atoms with Gasteiger partial charge in [-0.25, -0.2) is 13.2 Å². The van der Waals surface area contributed by atoms with Gasteiger partial charge in [-0.1, -0.05) is 78.1 Å². The largest absolute Gasteiger partial charge is 0.461 e. The van der Waals surface area contributed by atoms with Crippen molar-refractivity contribution in [1.82, 2.24) is 19.9 Å². The number of pyridine rings is 1. The maximum Gasteiger partial charge on any atom is 0.319 e. The molecule has 5 heterocycles. The molecular formula is C46H52F5N5OSi. The molecule has 2 aromatic heterocycles. The molecule has 1 spiro atoms. The van der Waals surface area contributed by atoms with Gasteiger partial charge in [-0.15, -0.1) is 5.54 Å². The minimum atomic E-state index is -2.27. The van der Waals surface area contributed by atoms with Crippen molar-refractivity contribution < 1.29 is 26.7 Å². The van der Waals surface area contributed by atoms with Crippen LogP contribution in [-0.4, -0.2) is 71.9 Å². The van der Waals surface area contributed by atoms with Gasteiger partial charge in [0, 0.05) is 41.7 Å². The van der Waals surface area contributed by atoms with Gasteiger partial charge in [0.15, 0.2) is 5.82 Å². The van der Waals surface area contributed by atoms with Crippen molar-refractivity contribution in [2.75, 3.05) is 31.1 Å². The first-order valence-electron chi connectivity index (χ1n) is 21.2. The van der Waals surface area contributed by atoms with E-state index in [1.807, 2.05) is 11.0 Å². The highest BCUT2D eigenvalue weighted by Gasteiger charge is 2.68. The summed E-state index contributed by atoms with van der Waals surface area (Å²) in [4.78, 5) is 18.3. The Morgan fingerprint density at radius 2 is 1.72 bits per heavy atom. The highest BCUT2D eigenvalue weighted by atomic mass is 28.3. The zero-order chi connectivity index (χ0) is 40.9. The van der Waals surface area contributed by atoms with Gasteiger partial charge in [-0.3, -0.25) is 9.88 Å². The summed E-state index contributed by atoms with van der Waals surface area (Å²) >= 11 is 0. The topological polar surface area (TPSA) is 54.4 Å². The van der Waals surface area contributed by atoms with E-state index in [-0.39, 0.29) is 59.3 Å². The van der Waals surface area contributed by atoms with E-state index in [9.17, 15) is 8.78 Å². The number of benzene rings is 2. The van der Waals surface area contributed by atoms with Gasteiger partial charge in [0.1, 0.15) is 43.7 Å². The minimum absolute atomic E-state index is 0.0209. The molecule has 4 atom stereocenters. The maximum atomic E-state index is 17.5. The van der Waals surface area contributed by atoms with E-state index < -0.39 is 43.5 Å². The molecule has 0 bridgehead atoms. The molecule has 0 unspecified atom stereocenters. The second-order valence-electron chi connectivity index (χ2n) is 18.6. The Hall–Kier alpha value is -4.08. The number of fused-ring (bicyclic) bond motifs is 5. The first-order chi connectivity index (χ1) is 27.7. The van der Waals surface area contributed by atoms with Gasteiger partial charge in [0.05, 0.1) is 22.5 Å². The fourth-order valence-corrected chi connectivity index (χ4v) is 16.9. The van der Waals surface area contributed by atoms with Gasteiger partial charge in [0.2, 0.25) is 0 Å². The van der Waals surface area contributed by atoms with Crippen LogP contribution in [0.4, 0.5) is 27.8 Å². The molecule has 12 heteroatoms. The quantitative estimate of drug-likeness (QED) is 0.100. The molecule has 2 aromatic carbocycles. The average molecular weight is 814 g/mol. The van der Waals surface area contributed by atoms with Crippen molar-refractivity contribution in [3.05, 3.63) is 65.4 Å². The number of hydrogen-bond donors (Lipinski definition) is 0. The highest BCUT2D eigenvalue weighted by molar-refractivity contribution is 6.90. The van der Waals surface area contributed by atoms with Crippen LogP contribution in [0.2, 0.25) is 16.6 Å². The Kier molecular flexibility index (Phi) is 9.70. The van der Waals surface area contributed by atoms with Crippen LogP contribution in [0.3, 0.4) is 0 Å². The van der Waals surface area contributed by atoms with Crippen molar-refractivity contribution >= 4 is 35.6 Å². The van der Waals surface area contributed by atoms with Crippen LogP contribution in [0.25, 0.3) is 32.9 Å². The Bertz CT molecular complexity index is 2380. The smallest absolute Gasteiger partial charge is 0.319 e. The number of aromatic nitrogens is 3. The van der Waals surface area contributed by atoms with Gasteiger partial charge in [-0.05, 0) is 78.6 Å². The Morgan fingerprint density at radius 1 is 0.966 bits per heavy atom. The van der Waals surface area contributed by atoms with Crippen molar-refractivity contribution in [2.45, 2.75) is 121 Å². The summed E-state index contributed by atoms with van der Waals surface area (Å²) < 4.78 is 83.4. The molecule has 0 amide bonds.